The molecule has 5 aromatic rings. The number of fused-ring (bicyclic) bond motifs is 1. The predicted molar refractivity (Wildman–Crippen MR) is 141 cm³/mol. The quantitative estimate of drug-likeness (QED) is 0.168. The summed E-state index contributed by atoms with van der Waals surface area (Å²) in [5.74, 6) is 1.58. The smallest absolute Gasteiger partial charge is 0.291 e. The maximum atomic E-state index is 12.9. The zero-order valence-corrected chi connectivity index (χ0v) is 20.2. The molecule has 0 saturated carbocycles. The van der Waals surface area contributed by atoms with E-state index in [0.29, 0.717) is 23.0 Å². The largest absolute Gasteiger partial charge is 0.493 e. The van der Waals surface area contributed by atoms with Gasteiger partial charge < -0.3 is 23.9 Å². The number of nitro benzene ring substituents is 1. The molecular formula is C29H22N2O7. The molecule has 0 spiro atoms. The van der Waals surface area contributed by atoms with E-state index in [1.807, 2.05) is 42.5 Å². The summed E-state index contributed by atoms with van der Waals surface area (Å²) in [6.07, 6.45) is 0. The van der Waals surface area contributed by atoms with Crippen molar-refractivity contribution in [3.63, 3.8) is 0 Å². The third-order valence-corrected chi connectivity index (χ3v) is 5.66. The summed E-state index contributed by atoms with van der Waals surface area (Å²) in [7, 11) is 1.49. The minimum atomic E-state index is -0.579. The van der Waals surface area contributed by atoms with E-state index >= 15 is 0 Å². The topological polar surface area (TPSA) is 113 Å². The Morgan fingerprint density at radius 3 is 2.45 bits per heavy atom. The van der Waals surface area contributed by atoms with Gasteiger partial charge in [0, 0.05) is 17.5 Å². The maximum absolute atomic E-state index is 12.9. The highest BCUT2D eigenvalue weighted by Crippen LogP contribution is 2.34. The molecule has 0 aliphatic heterocycles. The Morgan fingerprint density at radius 1 is 0.895 bits per heavy atom. The number of ether oxygens (including phenoxy) is 3. The summed E-state index contributed by atoms with van der Waals surface area (Å²) in [6.45, 7) is 0.120. The number of rotatable bonds is 9. The molecular weight excluding hydrogens is 488 g/mol. The van der Waals surface area contributed by atoms with Crippen molar-refractivity contribution in [2.24, 2.45) is 0 Å². The van der Waals surface area contributed by atoms with E-state index in [2.05, 4.69) is 5.32 Å². The molecule has 0 atom stereocenters. The zero-order chi connectivity index (χ0) is 26.5. The van der Waals surface area contributed by atoms with Crippen molar-refractivity contribution in [2.75, 3.05) is 12.4 Å². The number of carbonyl (C=O) groups excluding carboxylic acids is 1. The van der Waals surface area contributed by atoms with E-state index in [4.69, 9.17) is 18.6 Å². The van der Waals surface area contributed by atoms with E-state index in [0.717, 1.165) is 10.8 Å². The van der Waals surface area contributed by atoms with Gasteiger partial charge in [-0.05, 0) is 35.7 Å². The van der Waals surface area contributed by atoms with E-state index in [1.165, 1.54) is 31.4 Å². The van der Waals surface area contributed by atoms with Gasteiger partial charge in [0.1, 0.15) is 23.9 Å². The third-order valence-electron chi connectivity index (χ3n) is 5.66. The molecule has 0 radical (unpaired) electrons. The highest BCUT2D eigenvalue weighted by Gasteiger charge is 2.17. The van der Waals surface area contributed by atoms with Gasteiger partial charge >= 0.3 is 0 Å². The van der Waals surface area contributed by atoms with Crippen LogP contribution in [0.3, 0.4) is 0 Å². The molecule has 4 aromatic carbocycles. The fraction of sp³-hybridized carbons (Fsp3) is 0.0690. The molecule has 9 nitrogen and oxygen atoms in total. The van der Waals surface area contributed by atoms with Crippen LogP contribution in [0.5, 0.6) is 23.0 Å². The molecule has 0 fully saturated rings. The van der Waals surface area contributed by atoms with Crippen molar-refractivity contribution in [1.82, 2.24) is 0 Å². The molecule has 1 aromatic heterocycles. The fourth-order valence-corrected chi connectivity index (χ4v) is 3.89. The van der Waals surface area contributed by atoms with Gasteiger partial charge in [-0.3, -0.25) is 14.9 Å². The van der Waals surface area contributed by atoms with Gasteiger partial charge in [0.05, 0.1) is 23.8 Å². The summed E-state index contributed by atoms with van der Waals surface area (Å²) in [4.78, 5) is 23.8. The second-order valence-corrected chi connectivity index (χ2v) is 8.21. The number of hydrogen-bond donors (Lipinski definition) is 1. The first kappa shape index (κ1) is 24.4. The average Bonchev–Trinajstić information content (AvgIpc) is 3.41. The molecule has 5 rings (SSSR count). The number of hydrogen-bond acceptors (Lipinski definition) is 7. The Morgan fingerprint density at radius 2 is 1.63 bits per heavy atom. The van der Waals surface area contributed by atoms with Gasteiger partial charge in [-0.2, -0.15) is 0 Å². The lowest BCUT2D eigenvalue weighted by Gasteiger charge is -2.11. The van der Waals surface area contributed by atoms with Gasteiger partial charge in [-0.1, -0.05) is 48.5 Å². The third kappa shape index (κ3) is 5.41. The predicted octanol–water partition coefficient (Wildman–Crippen LogP) is 6.97. The van der Waals surface area contributed by atoms with Crippen LogP contribution < -0.4 is 19.5 Å². The number of furan rings is 1. The number of carbonyl (C=O) groups is 1. The van der Waals surface area contributed by atoms with E-state index in [1.54, 1.807) is 30.3 Å². The van der Waals surface area contributed by atoms with Gasteiger partial charge in [-0.25, -0.2) is 0 Å². The number of benzene rings is 4. The number of amides is 1. The van der Waals surface area contributed by atoms with Crippen LogP contribution in [0.1, 0.15) is 16.3 Å². The molecule has 0 bridgehead atoms. The normalized spacial score (nSPS) is 10.7. The van der Waals surface area contributed by atoms with E-state index in [-0.39, 0.29) is 29.5 Å². The van der Waals surface area contributed by atoms with Crippen LogP contribution in [0.2, 0.25) is 0 Å². The number of methoxy groups -OCH3 is 1. The summed E-state index contributed by atoms with van der Waals surface area (Å²) in [5, 5.41) is 16.1. The lowest BCUT2D eigenvalue weighted by molar-refractivity contribution is -0.384. The number of anilines is 1. The van der Waals surface area contributed by atoms with Crippen LogP contribution in [0.15, 0.2) is 101 Å². The summed E-state index contributed by atoms with van der Waals surface area (Å²) in [5.41, 5.74) is -0.0876. The van der Waals surface area contributed by atoms with E-state index in [9.17, 15) is 14.9 Å². The second kappa shape index (κ2) is 10.8. The fourth-order valence-electron chi connectivity index (χ4n) is 3.89. The van der Waals surface area contributed by atoms with Gasteiger partial charge in [0.15, 0.2) is 17.3 Å². The molecule has 1 amide bonds. The molecule has 38 heavy (non-hydrogen) atoms. The van der Waals surface area contributed by atoms with Crippen molar-refractivity contribution in [3.8, 4) is 23.0 Å². The molecule has 9 heteroatoms. The van der Waals surface area contributed by atoms with Crippen molar-refractivity contribution >= 4 is 28.1 Å². The second-order valence-electron chi connectivity index (χ2n) is 8.21. The number of non-ortho nitro benzene ring substituents is 1. The van der Waals surface area contributed by atoms with Crippen LogP contribution in [-0.2, 0) is 6.61 Å². The number of para-hydroxylation sites is 2. The molecule has 1 heterocycles. The zero-order valence-electron chi connectivity index (χ0n) is 20.2. The summed E-state index contributed by atoms with van der Waals surface area (Å²) < 4.78 is 22.7. The van der Waals surface area contributed by atoms with Crippen LogP contribution >= 0.6 is 0 Å². The first-order valence-corrected chi connectivity index (χ1v) is 11.6. The molecule has 0 saturated heterocycles. The molecule has 0 aliphatic rings. The van der Waals surface area contributed by atoms with Crippen LogP contribution in [0.25, 0.3) is 10.8 Å². The number of nitrogens with one attached hydrogen (secondary N) is 1. The Hall–Kier alpha value is -5.31. The van der Waals surface area contributed by atoms with Gasteiger partial charge in [0.25, 0.3) is 11.6 Å². The van der Waals surface area contributed by atoms with Gasteiger partial charge in [-0.15, -0.1) is 0 Å². The first-order chi connectivity index (χ1) is 18.5. The van der Waals surface area contributed by atoms with Crippen molar-refractivity contribution < 1.29 is 28.3 Å². The molecule has 190 valence electrons. The standard InChI is InChI=1S/C29H22N2O7/c1-35-26-10-4-5-11-27(26)38-23-16-20(15-21(17-23)31(33)34)30-29(32)28-14-13-22(37-28)18-36-25-12-6-8-19-7-2-3-9-24(19)25/h2-17H,18H2,1H3,(H,30,32). The van der Waals surface area contributed by atoms with Crippen LogP contribution in [-0.4, -0.2) is 17.9 Å². The van der Waals surface area contributed by atoms with Crippen LogP contribution in [0, 0.1) is 10.1 Å². The van der Waals surface area contributed by atoms with Gasteiger partial charge in [0.2, 0.25) is 0 Å². The minimum absolute atomic E-state index is 0.0280. The first-order valence-electron chi connectivity index (χ1n) is 11.6. The molecule has 1 N–H and O–H groups in total. The Labute approximate surface area is 217 Å². The SMILES string of the molecule is COc1ccccc1Oc1cc(NC(=O)c2ccc(COc3cccc4ccccc34)o2)cc([N+](=O)[O-])c1. The minimum Gasteiger partial charge on any atom is -0.493 e. The van der Waals surface area contributed by atoms with E-state index < -0.39 is 10.8 Å². The maximum Gasteiger partial charge on any atom is 0.291 e. The summed E-state index contributed by atoms with van der Waals surface area (Å²) in [6, 6.07) is 27.7. The number of nitro groups is 1. The lowest BCUT2D eigenvalue weighted by atomic mass is 10.1. The van der Waals surface area contributed by atoms with Crippen molar-refractivity contribution in [2.45, 2.75) is 6.61 Å². The Balaban J connectivity index is 1.30. The number of nitrogens with zero attached hydrogens (tertiary/aromatic N) is 1. The highest BCUT2D eigenvalue weighted by molar-refractivity contribution is 6.02. The van der Waals surface area contributed by atoms with Crippen molar-refractivity contribution in [1.29, 1.82) is 0 Å². The molecule has 0 unspecified atom stereocenters. The highest BCUT2D eigenvalue weighted by atomic mass is 16.6. The van der Waals surface area contributed by atoms with Crippen LogP contribution in [0.4, 0.5) is 11.4 Å². The molecule has 0 aliphatic carbocycles. The summed E-state index contributed by atoms with van der Waals surface area (Å²) >= 11 is 0. The monoisotopic (exact) mass is 510 g/mol. The Bertz CT molecular complexity index is 1620. The van der Waals surface area contributed by atoms with Crippen molar-refractivity contribution in [3.05, 3.63) is 119 Å². The lowest BCUT2D eigenvalue weighted by Crippen LogP contribution is -2.11. The average molecular weight is 511 g/mol. The Kier molecular flexibility index (Phi) is 6.90.